The van der Waals surface area contributed by atoms with E-state index in [0.29, 0.717) is 14.4 Å². The number of thiazole rings is 1. The van der Waals surface area contributed by atoms with Crippen LogP contribution in [0, 0.1) is 11.6 Å². The summed E-state index contributed by atoms with van der Waals surface area (Å²) in [6, 6.07) is 3.72. The maximum Gasteiger partial charge on any atom is 0.159 e. The van der Waals surface area contributed by atoms with Gasteiger partial charge in [0, 0.05) is 10.3 Å². The molecule has 0 spiro atoms. The summed E-state index contributed by atoms with van der Waals surface area (Å²) in [5, 5.41) is 2.09. The Morgan fingerprint density at radius 3 is 2.67 bits per heavy atom. The van der Waals surface area contributed by atoms with Gasteiger partial charge in [-0.1, -0.05) is 23.4 Å². The van der Waals surface area contributed by atoms with Gasteiger partial charge in [-0.3, -0.25) is 0 Å². The minimum atomic E-state index is -0.859. The highest BCUT2D eigenvalue weighted by molar-refractivity contribution is 8.01. The van der Waals surface area contributed by atoms with Crippen molar-refractivity contribution in [1.29, 1.82) is 0 Å². The van der Waals surface area contributed by atoms with E-state index in [1.807, 2.05) is 0 Å². The van der Waals surface area contributed by atoms with Gasteiger partial charge in [0.25, 0.3) is 0 Å². The van der Waals surface area contributed by atoms with Gasteiger partial charge in [-0.2, -0.15) is 0 Å². The van der Waals surface area contributed by atoms with Crippen molar-refractivity contribution in [2.24, 2.45) is 0 Å². The van der Waals surface area contributed by atoms with E-state index in [2.05, 4.69) is 4.98 Å². The largest absolute Gasteiger partial charge is 0.218 e. The Labute approximate surface area is 98.1 Å². The summed E-state index contributed by atoms with van der Waals surface area (Å²) < 4.78 is 26.2. The fourth-order valence-electron chi connectivity index (χ4n) is 0.927. The van der Waals surface area contributed by atoms with Crippen molar-refractivity contribution in [3.05, 3.63) is 40.4 Å². The van der Waals surface area contributed by atoms with Crippen LogP contribution < -0.4 is 0 Å². The molecule has 0 aliphatic carbocycles. The molecule has 1 aromatic heterocycles. The Kier molecular flexibility index (Phi) is 3.23. The molecule has 2 aromatic rings. The van der Waals surface area contributed by atoms with Crippen LogP contribution in [0.25, 0.3) is 0 Å². The molecule has 1 aromatic carbocycles. The number of hydrogen-bond acceptors (Lipinski definition) is 3. The third kappa shape index (κ3) is 2.68. The number of nitrogens with zero attached hydrogens (tertiary/aromatic N) is 1. The third-order valence-electron chi connectivity index (χ3n) is 1.55. The van der Waals surface area contributed by atoms with E-state index in [1.54, 1.807) is 5.38 Å². The molecule has 0 aliphatic rings. The molecule has 0 amide bonds. The summed E-state index contributed by atoms with van der Waals surface area (Å²) in [5.74, 6) is -1.71. The zero-order chi connectivity index (χ0) is 10.8. The fraction of sp³-hybridized carbons (Fsp3) is 0. The predicted octanol–water partition coefficient (Wildman–Crippen LogP) is 4.23. The average molecular weight is 264 g/mol. The van der Waals surface area contributed by atoms with Crippen LogP contribution in [0.5, 0.6) is 0 Å². The quantitative estimate of drug-likeness (QED) is 0.804. The molecule has 0 unspecified atom stereocenters. The Hall–Kier alpha value is -0.650. The molecule has 1 heterocycles. The molecule has 0 aliphatic heterocycles. The van der Waals surface area contributed by atoms with E-state index in [-0.39, 0.29) is 0 Å². The number of aromatic nitrogens is 1. The Morgan fingerprint density at radius 1 is 1.27 bits per heavy atom. The van der Waals surface area contributed by atoms with Crippen molar-refractivity contribution in [3.8, 4) is 0 Å². The first-order chi connectivity index (χ1) is 7.15. The SMILES string of the molecule is Fc1ccc(Sc2nc(Cl)cs2)cc1F. The smallest absolute Gasteiger partial charge is 0.159 e. The lowest BCUT2D eigenvalue weighted by Gasteiger charge is -1.98. The molecule has 0 fully saturated rings. The first-order valence-corrected chi connectivity index (χ1v) is 5.96. The van der Waals surface area contributed by atoms with Crippen molar-refractivity contribution in [2.45, 2.75) is 9.24 Å². The van der Waals surface area contributed by atoms with E-state index in [4.69, 9.17) is 11.6 Å². The zero-order valence-corrected chi connectivity index (χ0v) is 9.60. The summed E-state index contributed by atoms with van der Waals surface area (Å²) in [4.78, 5) is 4.59. The predicted molar refractivity (Wildman–Crippen MR) is 57.6 cm³/mol. The van der Waals surface area contributed by atoms with Gasteiger partial charge in [-0.15, -0.1) is 11.3 Å². The summed E-state index contributed by atoms with van der Waals surface area (Å²) >= 11 is 8.24. The first kappa shape index (κ1) is 10.9. The van der Waals surface area contributed by atoms with Gasteiger partial charge in [-0.05, 0) is 18.2 Å². The normalized spacial score (nSPS) is 10.6. The van der Waals surface area contributed by atoms with E-state index in [1.165, 1.54) is 29.2 Å². The molecule has 6 heteroatoms. The van der Waals surface area contributed by atoms with Gasteiger partial charge in [0.2, 0.25) is 0 Å². The molecule has 1 nitrogen and oxygen atoms in total. The second-order valence-electron chi connectivity index (χ2n) is 2.61. The van der Waals surface area contributed by atoms with Crippen molar-refractivity contribution in [3.63, 3.8) is 0 Å². The molecule has 0 atom stereocenters. The highest BCUT2D eigenvalue weighted by atomic mass is 35.5. The van der Waals surface area contributed by atoms with Crippen LogP contribution in [0.4, 0.5) is 8.78 Å². The molecule has 2 rings (SSSR count). The van der Waals surface area contributed by atoms with Crippen LogP contribution in [0.1, 0.15) is 0 Å². The van der Waals surface area contributed by atoms with Gasteiger partial charge in [0.15, 0.2) is 16.0 Å². The highest BCUT2D eigenvalue weighted by Gasteiger charge is 2.06. The molecule has 0 saturated carbocycles. The number of rotatable bonds is 2. The molecule has 0 N–H and O–H groups in total. The van der Waals surface area contributed by atoms with Crippen LogP contribution >= 0.6 is 34.7 Å². The van der Waals surface area contributed by atoms with Crippen LogP contribution in [0.3, 0.4) is 0 Å². The number of benzene rings is 1. The lowest BCUT2D eigenvalue weighted by Crippen LogP contribution is -1.83. The van der Waals surface area contributed by atoms with Gasteiger partial charge in [0.05, 0.1) is 0 Å². The minimum absolute atomic E-state index is 0.407. The van der Waals surface area contributed by atoms with Gasteiger partial charge in [0.1, 0.15) is 5.15 Å². The van der Waals surface area contributed by atoms with Crippen LogP contribution in [0.15, 0.2) is 32.8 Å². The summed E-state index contributed by atoms with van der Waals surface area (Å²) in [6.45, 7) is 0. The molecule has 0 radical (unpaired) electrons. The maximum atomic E-state index is 12.9. The fourth-order valence-corrected chi connectivity index (χ4v) is 2.92. The lowest BCUT2D eigenvalue weighted by atomic mass is 10.3. The van der Waals surface area contributed by atoms with Crippen LogP contribution in [-0.2, 0) is 0 Å². The topological polar surface area (TPSA) is 12.9 Å². The van der Waals surface area contributed by atoms with Gasteiger partial charge in [-0.25, -0.2) is 13.8 Å². The Balaban J connectivity index is 2.21. The van der Waals surface area contributed by atoms with Gasteiger partial charge < -0.3 is 0 Å². The van der Waals surface area contributed by atoms with E-state index in [9.17, 15) is 8.78 Å². The van der Waals surface area contributed by atoms with E-state index >= 15 is 0 Å². The maximum absolute atomic E-state index is 12.9. The van der Waals surface area contributed by atoms with E-state index < -0.39 is 11.6 Å². The van der Waals surface area contributed by atoms with E-state index in [0.717, 1.165) is 12.1 Å². The number of hydrogen-bond donors (Lipinski definition) is 0. The second kappa shape index (κ2) is 4.47. The summed E-state index contributed by atoms with van der Waals surface area (Å²) in [5.41, 5.74) is 0. The van der Waals surface area contributed by atoms with Gasteiger partial charge >= 0.3 is 0 Å². The van der Waals surface area contributed by atoms with Crippen molar-refractivity contribution in [2.75, 3.05) is 0 Å². The summed E-state index contributed by atoms with van der Waals surface area (Å²) in [7, 11) is 0. The average Bonchev–Trinajstić information content (AvgIpc) is 2.58. The third-order valence-corrected chi connectivity index (χ3v) is 3.80. The van der Waals surface area contributed by atoms with Crippen LogP contribution in [-0.4, -0.2) is 4.98 Å². The van der Waals surface area contributed by atoms with Crippen molar-refractivity contribution in [1.82, 2.24) is 4.98 Å². The zero-order valence-electron chi connectivity index (χ0n) is 7.21. The standard InChI is InChI=1S/C9H4ClF2NS2/c10-8-4-14-9(13-8)15-5-1-2-6(11)7(12)3-5/h1-4H. The summed E-state index contributed by atoms with van der Waals surface area (Å²) in [6.07, 6.45) is 0. The first-order valence-electron chi connectivity index (χ1n) is 3.89. The molecule has 78 valence electrons. The number of halogens is 3. The molecule has 0 bridgehead atoms. The second-order valence-corrected chi connectivity index (χ2v) is 5.18. The lowest BCUT2D eigenvalue weighted by molar-refractivity contribution is 0.506. The molecular weight excluding hydrogens is 260 g/mol. The minimum Gasteiger partial charge on any atom is -0.218 e. The molecule has 0 saturated heterocycles. The van der Waals surface area contributed by atoms with Crippen LogP contribution in [0.2, 0.25) is 5.15 Å². The Morgan fingerprint density at radius 2 is 2.07 bits per heavy atom. The highest BCUT2D eigenvalue weighted by Crippen LogP contribution is 2.32. The monoisotopic (exact) mass is 263 g/mol. The van der Waals surface area contributed by atoms with Crippen molar-refractivity contribution < 1.29 is 8.78 Å². The molecule has 15 heavy (non-hydrogen) atoms. The van der Waals surface area contributed by atoms with Crippen molar-refractivity contribution >= 4 is 34.7 Å². The molecular formula is C9H4ClF2NS2. The Bertz CT molecular complexity index is 487.